The maximum absolute atomic E-state index is 11.6. The smallest absolute Gasteiger partial charge is 0.315 e. The molecule has 1 aliphatic carbocycles. The number of nitrogens with one attached hydrogen (secondary N) is 2. The highest BCUT2D eigenvalue weighted by Crippen LogP contribution is 2.30. The molecule has 0 fully saturated rings. The van der Waals surface area contributed by atoms with Gasteiger partial charge in [0.2, 0.25) is 0 Å². The number of aliphatic hydroxyl groups excluding tert-OH is 1. The molecule has 0 aromatic carbocycles. The first-order valence-electron chi connectivity index (χ1n) is 5.95. The van der Waals surface area contributed by atoms with Gasteiger partial charge in [-0.25, -0.2) is 4.79 Å². The van der Waals surface area contributed by atoms with E-state index in [1.165, 1.54) is 0 Å². The van der Waals surface area contributed by atoms with E-state index >= 15 is 0 Å². The highest BCUT2D eigenvalue weighted by molar-refractivity contribution is 5.74. The van der Waals surface area contributed by atoms with Crippen LogP contribution in [-0.4, -0.2) is 23.8 Å². The second kappa shape index (κ2) is 5.23. The molecular weight excluding hydrogens is 220 g/mol. The van der Waals surface area contributed by atoms with Gasteiger partial charge in [-0.05, 0) is 25.8 Å². The highest BCUT2D eigenvalue weighted by Gasteiger charge is 2.24. The van der Waals surface area contributed by atoms with Crippen LogP contribution < -0.4 is 10.6 Å². The van der Waals surface area contributed by atoms with Gasteiger partial charge in [0.05, 0.1) is 25.0 Å². The fraction of sp³-hybridized carbons (Fsp3) is 0.583. The Morgan fingerprint density at radius 1 is 1.71 bits per heavy atom. The number of carbonyl (C=O) groups is 1. The summed E-state index contributed by atoms with van der Waals surface area (Å²) in [6.45, 7) is 1.69. The van der Waals surface area contributed by atoms with E-state index in [0.29, 0.717) is 0 Å². The quantitative estimate of drug-likeness (QED) is 0.743. The predicted molar refractivity (Wildman–Crippen MR) is 62.6 cm³/mol. The number of urea groups is 1. The summed E-state index contributed by atoms with van der Waals surface area (Å²) >= 11 is 0. The molecular formula is C12H18N2O3. The van der Waals surface area contributed by atoms with Crippen molar-refractivity contribution in [2.45, 2.75) is 38.3 Å². The number of carbonyl (C=O) groups excluding carboxylic acids is 1. The molecule has 1 aromatic heterocycles. The molecule has 1 unspecified atom stereocenters. The molecule has 2 atom stereocenters. The molecule has 2 amide bonds. The Kier molecular flexibility index (Phi) is 3.68. The Hall–Kier alpha value is -1.49. The van der Waals surface area contributed by atoms with Gasteiger partial charge in [0, 0.05) is 12.0 Å². The minimum Gasteiger partial charge on any atom is -0.469 e. The van der Waals surface area contributed by atoms with Crippen molar-refractivity contribution in [2.24, 2.45) is 0 Å². The molecule has 0 saturated carbocycles. The Labute approximate surface area is 100 Å². The van der Waals surface area contributed by atoms with Crippen molar-refractivity contribution in [3.8, 4) is 0 Å². The van der Waals surface area contributed by atoms with E-state index in [1.54, 1.807) is 13.2 Å². The Balaban J connectivity index is 1.95. The number of hydrogen-bond acceptors (Lipinski definition) is 3. The summed E-state index contributed by atoms with van der Waals surface area (Å²) in [5, 5.41) is 14.4. The average Bonchev–Trinajstić information content (AvgIpc) is 2.78. The van der Waals surface area contributed by atoms with Crippen molar-refractivity contribution in [2.75, 3.05) is 6.61 Å². The molecule has 1 heterocycles. The van der Waals surface area contributed by atoms with Gasteiger partial charge in [0.1, 0.15) is 5.76 Å². The molecule has 94 valence electrons. The van der Waals surface area contributed by atoms with E-state index in [1.807, 2.05) is 6.07 Å². The molecule has 2 rings (SSSR count). The standard InChI is InChI=1S/C12H18N2O3/c1-8(7-15)13-12(16)14-10-3-2-4-11-9(10)5-6-17-11/h5-6,8,10,15H,2-4,7H2,1H3,(H2,13,14,16)/t8-,10?/m0/s1. The largest absolute Gasteiger partial charge is 0.469 e. The van der Waals surface area contributed by atoms with E-state index in [9.17, 15) is 4.79 Å². The van der Waals surface area contributed by atoms with Crippen molar-refractivity contribution < 1.29 is 14.3 Å². The molecule has 3 N–H and O–H groups in total. The lowest BCUT2D eigenvalue weighted by atomic mass is 9.93. The molecule has 17 heavy (non-hydrogen) atoms. The maximum atomic E-state index is 11.6. The fourth-order valence-corrected chi connectivity index (χ4v) is 2.11. The number of fused-ring (bicyclic) bond motifs is 1. The molecule has 1 aromatic rings. The minimum atomic E-state index is -0.245. The van der Waals surface area contributed by atoms with Gasteiger partial charge in [-0.3, -0.25) is 0 Å². The SMILES string of the molecule is C[C@@H](CO)NC(=O)NC1CCCc2occc21. The molecule has 0 saturated heterocycles. The van der Waals surface area contributed by atoms with Gasteiger partial charge in [-0.2, -0.15) is 0 Å². The van der Waals surface area contributed by atoms with Crippen LogP contribution in [0.1, 0.15) is 37.1 Å². The fourth-order valence-electron chi connectivity index (χ4n) is 2.11. The van der Waals surface area contributed by atoms with E-state index in [-0.39, 0.29) is 24.7 Å². The number of furan rings is 1. The third-order valence-corrected chi connectivity index (χ3v) is 3.01. The Morgan fingerprint density at radius 3 is 3.29 bits per heavy atom. The Morgan fingerprint density at radius 2 is 2.53 bits per heavy atom. The summed E-state index contributed by atoms with van der Waals surface area (Å²) in [6.07, 6.45) is 4.54. The van der Waals surface area contributed by atoms with E-state index in [2.05, 4.69) is 10.6 Å². The van der Waals surface area contributed by atoms with Crippen molar-refractivity contribution in [1.82, 2.24) is 10.6 Å². The topological polar surface area (TPSA) is 74.5 Å². The molecule has 5 nitrogen and oxygen atoms in total. The first-order valence-corrected chi connectivity index (χ1v) is 5.95. The lowest BCUT2D eigenvalue weighted by molar-refractivity contribution is 0.216. The zero-order chi connectivity index (χ0) is 12.3. The lowest BCUT2D eigenvalue weighted by Gasteiger charge is -2.23. The van der Waals surface area contributed by atoms with Gasteiger partial charge in [0.15, 0.2) is 0 Å². The monoisotopic (exact) mass is 238 g/mol. The normalized spacial score (nSPS) is 20.5. The van der Waals surface area contributed by atoms with Crippen molar-refractivity contribution in [1.29, 1.82) is 0 Å². The van der Waals surface area contributed by atoms with Crippen LogP contribution in [0.3, 0.4) is 0 Å². The third-order valence-electron chi connectivity index (χ3n) is 3.01. The molecule has 1 aliphatic rings. The van der Waals surface area contributed by atoms with Crippen LogP contribution in [0.5, 0.6) is 0 Å². The van der Waals surface area contributed by atoms with Gasteiger partial charge < -0.3 is 20.2 Å². The number of amides is 2. The van der Waals surface area contributed by atoms with Gasteiger partial charge >= 0.3 is 6.03 Å². The molecule has 0 spiro atoms. The summed E-state index contributed by atoms with van der Waals surface area (Å²) < 4.78 is 5.36. The Bertz CT molecular complexity index is 389. The van der Waals surface area contributed by atoms with Gasteiger partial charge in [-0.15, -0.1) is 0 Å². The van der Waals surface area contributed by atoms with Gasteiger partial charge in [0.25, 0.3) is 0 Å². The van der Waals surface area contributed by atoms with Crippen molar-refractivity contribution in [3.05, 3.63) is 23.7 Å². The van der Waals surface area contributed by atoms with E-state index < -0.39 is 0 Å². The maximum Gasteiger partial charge on any atom is 0.315 e. The second-order valence-electron chi connectivity index (χ2n) is 4.45. The second-order valence-corrected chi connectivity index (χ2v) is 4.45. The van der Waals surface area contributed by atoms with Crippen molar-refractivity contribution >= 4 is 6.03 Å². The molecule has 0 aliphatic heterocycles. The molecule has 0 radical (unpaired) electrons. The zero-order valence-corrected chi connectivity index (χ0v) is 9.90. The summed E-state index contributed by atoms with van der Waals surface area (Å²) in [5.74, 6) is 0.969. The first-order chi connectivity index (χ1) is 8.20. The minimum absolute atomic E-state index is 0.0170. The number of aliphatic hydroxyl groups is 1. The lowest BCUT2D eigenvalue weighted by Crippen LogP contribution is -2.44. The van der Waals surface area contributed by atoms with E-state index in [0.717, 1.165) is 30.6 Å². The van der Waals surface area contributed by atoms with Crippen LogP contribution in [0.2, 0.25) is 0 Å². The third kappa shape index (κ3) is 2.79. The number of aryl methyl sites for hydroxylation is 1. The summed E-state index contributed by atoms with van der Waals surface area (Å²) in [5.41, 5.74) is 1.07. The molecule has 5 heteroatoms. The van der Waals surface area contributed by atoms with Crippen LogP contribution in [0.25, 0.3) is 0 Å². The summed E-state index contributed by atoms with van der Waals surface area (Å²) in [7, 11) is 0. The van der Waals surface area contributed by atoms with Crippen LogP contribution in [0.15, 0.2) is 16.7 Å². The van der Waals surface area contributed by atoms with Crippen LogP contribution in [-0.2, 0) is 6.42 Å². The van der Waals surface area contributed by atoms with Crippen molar-refractivity contribution in [3.63, 3.8) is 0 Å². The van der Waals surface area contributed by atoms with Crippen LogP contribution in [0.4, 0.5) is 4.79 Å². The summed E-state index contributed by atoms with van der Waals surface area (Å²) in [4.78, 5) is 11.6. The average molecular weight is 238 g/mol. The van der Waals surface area contributed by atoms with Crippen LogP contribution >= 0.6 is 0 Å². The van der Waals surface area contributed by atoms with Crippen LogP contribution in [0, 0.1) is 0 Å². The zero-order valence-electron chi connectivity index (χ0n) is 9.90. The van der Waals surface area contributed by atoms with Gasteiger partial charge in [-0.1, -0.05) is 0 Å². The predicted octanol–water partition coefficient (Wildman–Crippen LogP) is 1.34. The first kappa shape index (κ1) is 12.0. The summed E-state index contributed by atoms with van der Waals surface area (Å²) in [6, 6.07) is 1.45. The van der Waals surface area contributed by atoms with E-state index in [4.69, 9.17) is 9.52 Å². The molecule has 0 bridgehead atoms. The highest BCUT2D eigenvalue weighted by atomic mass is 16.3. The number of hydrogen-bond donors (Lipinski definition) is 3. The number of rotatable bonds is 3.